The van der Waals surface area contributed by atoms with Crippen molar-refractivity contribution in [1.82, 2.24) is 4.68 Å². The van der Waals surface area contributed by atoms with Crippen molar-refractivity contribution in [3.05, 3.63) is 58.9 Å². The molecule has 1 heterocycles. The molecule has 0 saturated heterocycles. The largest absolute Gasteiger partial charge is 0.273 e. The van der Waals surface area contributed by atoms with Crippen molar-refractivity contribution in [2.24, 2.45) is 0 Å². The number of allylic oxidation sites excluding steroid dienone is 1. The molecular formula is C13H13N3O3. The summed E-state index contributed by atoms with van der Waals surface area (Å²) in [5, 5.41) is 11.1. The Morgan fingerprint density at radius 2 is 2.16 bits per heavy atom. The Hall–Kier alpha value is -2.63. The molecule has 0 unspecified atom stereocenters. The molecule has 0 fully saturated rings. The smallest absolute Gasteiger partial charge is 0.239 e. The van der Waals surface area contributed by atoms with Crippen LogP contribution in [0.2, 0.25) is 0 Å². The second kappa shape index (κ2) is 5.81. The monoisotopic (exact) mass is 259 g/mol. The van der Waals surface area contributed by atoms with Crippen LogP contribution in [0.3, 0.4) is 0 Å². The van der Waals surface area contributed by atoms with Crippen LogP contribution in [-0.2, 0) is 4.79 Å². The number of carbonyl (C=O) groups is 1. The summed E-state index contributed by atoms with van der Waals surface area (Å²) in [6.07, 6.45) is 4.53. The second-order valence-electron chi connectivity index (χ2n) is 3.99. The van der Waals surface area contributed by atoms with Crippen LogP contribution in [0.25, 0.3) is 10.9 Å². The molecule has 2 aromatic rings. The summed E-state index contributed by atoms with van der Waals surface area (Å²) in [7, 11) is 0. The number of para-hydroxylation sites is 1. The molecule has 6 nitrogen and oxygen atoms in total. The first-order chi connectivity index (χ1) is 9.16. The van der Waals surface area contributed by atoms with Gasteiger partial charge in [-0.1, -0.05) is 18.2 Å². The van der Waals surface area contributed by atoms with Gasteiger partial charge in [-0.05, 0) is 24.6 Å². The van der Waals surface area contributed by atoms with Crippen LogP contribution in [0.4, 0.5) is 0 Å². The van der Waals surface area contributed by atoms with Gasteiger partial charge in [0.1, 0.15) is 0 Å². The summed E-state index contributed by atoms with van der Waals surface area (Å²) >= 11 is 0. The lowest BCUT2D eigenvalue weighted by molar-refractivity contribution is -0.402. The van der Waals surface area contributed by atoms with Crippen LogP contribution in [0.1, 0.15) is 12.8 Å². The normalized spacial score (nSPS) is 10.9. The lowest BCUT2D eigenvalue weighted by atomic mass is 10.2. The number of nitrogens with zero attached hydrogens (tertiary/aromatic N) is 2. The van der Waals surface area contributed by atoms with Gasteiger partial charge in [-0.3, -0.25) is 25.0 Å². The molecule has 0 atom stereocenters. The highest BCUT2D eigenvalue weighted by molar-refractivity contribution is 5.87. The summed E-state index contributed by atoms with van der Waals surface area (Å²) in [6.45, 7) is 0. The van der Waals surface area contributed by atoms with E-state index >= 15 is 0 Å². The van der Waals surface area contributed by atoms with E-state index in [4.69, 9.17) is 0 Å². The zero-order valence-electron chi connectivity index (χ0n) is 10.2. The predicted octanol–water partition coefficient (Wildman–Crippen LogP) is 2.28. The van der Waals surface area contributed by atoms with E-state index in [0.29, 0.717) is 6.42 Å². The van der Waals surface area contributed by atoms with Crippen LogP contribution >= 0.6 is 0 Å². The minimum atomic E-state index is -0.544. The van der Waals surface area contributed by atoms with Gasteiger partial charge in [0.25, 0.3) is 0 Å². The van der Waals surface area contributed by atoms with Crippen LogP contribution in [0.5, 0.6) is 0 Å². The Kier molecular flexibility index (Phi) is 3.92. The van der Waals surface area contributed by atoms with Crippen molar-refractivity contribution in [2.75, 3.05) is 5.43 Å². The number of hydrogen-bond acceptors (Lipinski definition) is 3. The van der Waals surface area contributed by atoms with Crippen LogP contribution in [0, 0.1) is 10.1 Å². The molecule has 0 aliphatic rings. The van der Waals surface area contributed by atoms with Gasteiger partial charge >= 0.3 is 0 Å². The number of carbonyl (C=O) groups excluding carboxylic acids is 1. The van der Waals surface area contributed by atoms with E-state index in [1.54, 1.807) is 10.9 Å². The Bertz CT molecular complexity index is 631. The number of amides is 1. The topological polar surface area (TPSA) is 77.2 Å². The minimum Gasteiger partial charge on any atom is -0.273 e. The van der Waals surface area contributed by atoms with E-state index in [0.717, 1.165) is 17.1 Å². The van der Waals surface area contributed by atoms with Gasteiger partial charge < -0.3 is 0 Å². The number of nitro groups is 1. The summed E-state index contributed by atoms with van der Waals surface area (Å²) in [4.78, 5) is 21.2. The highest BCUT2D eigenvalue weighted by atomic mass is 16.6. The number of benzene rings is 1. The molecule has 98 valence electrons. The quantitative estimate of drug-likeness (QED) is 0.661. The van der Waals surface area contributed by atoms with Gasteiger partial charge in [-0.2, -0.15) is 0 Å². The first kappa shape index (κ1) is 12.8. The molecule has 0 aliphatic heterocycles. The van der Waals surface area contributed by atoms with Gasteiger partial charge in [0.05, 0.1) is 10.4 Å². The van der Waals surface area contributed by atoms with Gasteiger partial charge in [0.2, 0.25) is 12.1 Å². The van der Waals surface area contributed by atoms with E-state index in [1.807, 2.05) is 30.3 Å². The fourth-order valence-electron chi connectivity index (χ4n) is 1.75. The van der Waals surface area contributed by atoms with Crippen molar-refractivity contribution in [2.45, 2.75) is 12.8 Å². The third kappa shape index (κ3) is 3.41. The van der Waals surface area contributed by atoms with E-state index in [2.05, 4.69) is 5.43 Å². The molecule has 0 spiro atoms. The number of hydrogen-bond donors (Lipinski definition) is 1. The van der Waals surface area contributed by atoms with Gasteiger partial charge in [0, 0.05) is 18.0 Å². The van der Waals surface area contributed by atoms with Gasteiger partial charge in [0.15, 0.2) is 0 Å². The maximum Gasteiger partial charge on any atom is 0.239 e. The maximum absolute atomic E-state index is 11.7. The number of rotatable bonds is 5. The van der Waals surface area contributed by atoms with Crippen molar-refractivity contribution in [3.63, 3.8) is 0 Å². The lowest BCUT2D eigenvalue weighted by Crippen LogP contribution is -2.21. The van der Waals surface area contributed by atoms with Crippen LogP contribution < -0.4 is 5.43 Å². The molecule has 0 bridgehead atoms. The van der Waals surface area contributed by atoms with Crippen molar-refractivity contribution >= 4 is 16.8 Å². The molecule has 1 aromatic carbocycles. The standard InChI is InChI=1S/C13H13N3O3/c17-13(7-3-4-9-16(18)19)14-15-10-8-11-5-1-2-6-12(11)15/h1-2,4-6,8-10H,3,7H2,(H,14,17). The number of nitrogens with one attached hydrogen (secondary N) is 1. The SMILES string of the molecule is O=C(CCC=C[N+](=O)[O-])Nn1ccc2ccccc21. The highest BCUT2D eigenvalue weighted by Crippen LogP contribution is 2.13. The molecule has 1 amide bonds. The number of aromatic nitrogens is 1. The zero-order valence-corrected chi connectivity index (χ0v) is 10.2. The zero-order chi connectivity index (χ0) is 13.7. The average molecular weight is 259 g/mol. The van der Waals surface area contributed by atoms with Crippen LogP contribution in [0.15, 0.2) is 48.8 Å². The fourth-order valence-corrected chi connectivity index (χ4v) is 1.75. The minimum absolute atomic E-state index is 0.186. The van der Waals surface area contributed by atoms with Gasteiger partial charge in [-0.15, -0.1) is 0 Å². The highest BCUT2D eigenvalue weighted by Gasteiger charge is 2.04. The van der Waals surface area contributed by atoms with E-state index < -0.39 is 4.92 Å². The van der Waals surface area contributed by atoms with E-state index in [-0.39, 0.29) is 12.3 Å². The molecule has 0 radical (unpaired) electrons. The summed E-state index contributed by atoms with van der Waals surface area (Å²) in [6, 6.07) is 9.59. The molecule has 0 saturated carbocycles. The first-order valence-corrected chi connectivity index (χ1v) is 5.83. The van der Waals surface area contributed by atoms with E-state index in [9.17, 15) is 14.9 Å². The Morgan fingerprint density at radius 1 is 1.37 bits per heavy atom. The summed E-state index contributed by atoms with van der Waals surface area (Å²) in [5.74, 6) is -0.186. The lowest BCUT2D eigenvalue weighted by Gasteiger charge is -2.06. The molecule has 1 aromatic heterocycles. The first-order valence-electron chi connectivity index (χ1n) is 5.83. The maximum atomic E-state index is 11.7. The van der Waals surface area contributed by atoms with Gasteiger partial charge in [-0.25, -0.2) is 0 Å². The summed E-state index contributed by atoms with van der Waals surface area (Å²) in [5.41, 5.74) is 3.64. The Morgan fingerprint density at radius 3 is 2.95 bits per heavy atom. The fraction of sp³-hybridized carbons (Fsp3) is 0.154. The third-order valence-corrected chi connectivity index (χ3v) is 2.61. The van der Waals surface area contributed by atoms with Crippen molar-refractivity contribution < 1.29 is 9.72 Å². The molecule has 1 N–H and O–H groups in total. The third-order valence-electron chi connectivity index (χ3n) is 2.61. The van der Waals surface area contributed by atoms with E-state index in [1.165, 1.54) is 6.08 Å². The average Bonchev–Trinajstić information content (AvgIpc) is 2.78. The Balaban J connectivity index is 1.94. The molecule has 0 aliphatic carbocycles. The molecule has 19 heavy (non-hydrogen) atoms. The van der Waals surface area contributed by atoms with Crippen molar-refractivity contribution in [1.29, 1.82) is 0 Å². The second-order valence-corrected chi connectivity index (χ2v) is 3.99. The van der Waals surface area contributed by atoms with Crippen molar-refractivity contribution in [3.8, 4) is 0 Å². The summed E-state index contributed by atoms with van der Waals surface area (Å²) < 4.78 is 1.65. The predicted molar refractivity (Wildman–Crippen MR) is 71.7 cm³/mol. The van der Waals surface area contributed by atoms with Crippen LogP contribution in [-0.4, -0.2) is 15.5 Å². The molecule has 6 heteroatoms. The molecule has 2 rings (SSSR count). The Labute approximate surface area is 109 Å². The molecular weight excluding hydrogens is 246 g/mol. The number of fused-ring (bicyclic) bond motifs is 1.